The fourth-order valence-corrected chi connectivity index (χ4v) is 0.884. The minimum absolute atomic E-state index is 1.25. The van der Waals surface area contributed by atoms with Crippen molar-refractivity contribution in [2.75, 3.05) is 0 Å². The SMILES string of the molecule is C1CCCC1.CCC. The molecule has 1 aliphatic carbocycles. The van der Waals surface area contributed by atoms with E-state index in [1.165, 1.54) is 38.5 Å². The van der Waals surface area contributed by atoms with Crippen molar-refractivity contribution in [1.82, 2.24) is 0 Å². The molecule has 0 aromatic heterocycles. The van der Waals surface area contributed by atoms with Gasteiger partial charge in [0.15, 0.2) is 0 Å². The van der Waals surface area contributed by atoms with Crippen LogP contribution in [0.15, 0.2) is 0 Å². The molecule has 0 aliphatic heterocycles. The summed E-state index contributed by atoms with van der Waals surface area (Å²) in [6.07, 6.45) is 8.75. The smallest absolute Gasteiger partial charge is 0.0533 e. The Balaban J connectivity index is 0.000000145. The molecule has 0 bridgehead atoms. The van der Waals surface area contributed by atoms with Crippen molar-refractivity contribution in [1.29, 1.82) is 0 Å². The normalized spacial score (nSPS) is 17.2. The molecule has 0 saturated heterocycles. The van der Waals surface area contributed by atoms with Gasteiger partial charge in [-0.25, -0.2) is 0 Å². The zero-order valence-electron chi connectivity index (χ0n) is 6.24. The fraction of sp³-hybridized carbons (Fsp3) is 1.00. The Morgan fingerprint density at radius 3 is 1.00 bits per heavy atom. The fourth-order valence-electron chi connectivity index (χ4n) is 0.884. The van der Waals surface area contributed by atoms with E-state index in [-0.39, 0.29) is 0 Å². The minimum atomic E-state index is 1.25. The molecule has 1 rings (SSSR count). The van der Waals surface area contributed by atoms with E-state index in [0.29, 0.717) is 0 Å². The van der Waals surface area contributed by atoms with Crippen LogP contribution in [-0.4, -0.2) is 0 Å². The Morgan fingerprint density at radius 1 is 0.750 bits per heavy atom. The standard InChI is InChI=1S/C5H10.C3H8/c1-2-4-5-3-1;1-3-2/h1-5H2;3H2,1-2H3. The van der Waals surface area contributed by atoms with Crippen LogP contribution in [-0.2, 0) is 0 Å². The Hall–Kier alpha value is 0. The van der Waals surface area contributed by atoms with Crippen molar-refractivity contribution in [3.8, 4) is 0 Å². The lowest BCUT2D eigenvalue weighted by Gasteiger charge is -1.67. The first-order valence-electron chi connectivity index (χ1n) is 3.91. The summed E-state index contributed by atoms with van der Waals surface area (Å²) in [7, 11) is 0. The van der Waals surface area contributed by atoms with Crippen LogP contribution in [0.25, 0.3) is 0 Å². The highest BCUT2D eigenvalue weighted by atomic mass is 14.0. The first kappa shape index (κ1) is 8.00. The van der Waals surface area contributed by atoms with E-state index < -0.39 is 0 Å². The van der Waals surface area contributed by atoms with Gasteiger partial charge in [0, 0.05) is 0 Å². The highest BCUT2D eigenvalue weighted by molar-refractivity contribution is 4.51. The summed E-state index contributed by atoms with van der Waals surface area (Å²) in [6, 6.07) is 0. The number of rotatable bonds is 0. The van der Waals surface area contributed by atoms with Crippen LogP contribution >= 0.6 is 0 Å². The number of hydrogen-bond acceptors (Lipinski definition) is 0. The van der Waals surface area contributed by atoms with Crippen molar-refractivity contribution in [3.63, 3.8) is 0 Å². The second-order valence-corrected chi connectivity index (χ2v) is 2.47. The van der Waals surface area contributed by atoms with Crippen molar-refractivity contribution in [2.45, 2.75) is 52.4 Å². The highest BCUT2D eigenvalue weighted by Gasteiger charge is 1.95. The third-order valence-corrected chi connectivity index (χ3v) is 1.25. The average Bonchev–Trinajstić information content (AvgIpc) is 2.17. The molecule has 0 N–H and O–H groups in total. The molecule has 0 atom stereocenters. The van der Waals surface area contributed by atoms with E-state index in [1.807, 2.05) is 0 Å². The van der Waals surface area contributed by atoms with Gasteiger partial charge in [-0.2, -0.15) is 0 Å². The minimum Gasteiger partial charge on any atom is -0.0656 e. The molecule has 0 radical (unpaired) electrons. The molecule has 0 heteroatoms. The first-order valence-corrected chi connectivity index (χ1v) is 3.91. The molecule has 0 aromatic rings. The molecule has 50 valence electrons. The summed E-state index contributed by atoms with van der Waals surface area (Å²) in [5, 5.41) is 0. The summed E-state index contributed by atoms with van der Waals surface area (Å²) in [6.45, 7) is 4.25. The Morgan fingerprint density at radius 2 is 0.875 bits per heavy atom. The molecule has 1 aliphatic rings. The van der Waals surface area contributed by atoms with E-state index in [9.17, 15) is 0 Å². The molecule has 0 aromatic carbocycles. The van der Waals surface area contributed by atoms with Crippen molar-refractivity contribution < 1.29 is 0 Å². The average molecular weight is 114 g/mol. The van der Waals surface area contributed by atoms with Gasteiger partial charge >= 0.3 is 0 Å². The van der Waals surface area contributed by atoms with Crippen LogP contribution in [0, 0.1) is 0 Å². The zero-order chi connectivity index (χ0) is 6.24. The summed E-state index contributed by atoms with van der Waals surface area (Å²) >= 11 is 0. The topological polar surface area (TPSA) is 0 Å². The Bertz CT molecular complexity index is 19.4. The molecule has 0 heterocycles. The van der Waals surface area contributed by atoms with Gasteiger partial charge in [0.2, 0.25) is 0 Å². The van der Waals surface area contributed by atoms with E-state index in [2.05, 4.69) is 13.8 Å². The van der Waals surface area contributed by atoms with Crippen LogP contribution in [0.5, 0.6) is 0 Å². The first-order chi connectivity index (χ1) is 3.91. The zero-order valence-corrected chi connectivity index (χ0v) is 6.24. The van der Waals surface area contributed by atoms with Crippen LogP contribution in [0.3, 0.4) is 0 Å². The third kappa shape index (κ3) is 6.00. The van der Waals surface area contributed by atoms with Gasteiger partial charge < -0.3 is 0 Å². The molecular weight excluding hydrogens is 96.1 g/mol. The third-order valence-electron chi connectivity index (χ3n) is 1.25. The summed E-state index contributed by atoms with van der Waals surface area (Å²) < 4.78 is 0. The van der Waals surface area contributed by atoms with Crippen LogP contribution in [0.2, 0.25) is 0 Å². The maximum absolute atomic E-state index is 2.12. The van der Waals surface area contributed by atoms with Gasteiger partial charge in [0.25, 0.3) is 0 Å². The molecule has 0 unspecified atom stereocenters. The quantitative estimate of drug-likeness (QED) is 0.453. The van der Waals surface area contributed by atoms with Crippen molar-refractivity contribution in [2.24, 2.45) is 0 Å². The molecule has 0 amide bonds. The van der Waals surface area contributed by atoms with Gasteiger partial charge in [0.05, 0.1) is 0 Å². The lowest BCUT2D eigenvalue weighted by molar-refractivity contribution is 0.886. The lowest BCUT2D eigenvalue weighted by Crippen LogP contribution is -1.47. The summed E-state index contributed by atoms with van der Waals surface area (Å²) in [4.78, 5) is 0. The van der Waals surface area contributed by atoms with E-state index in [0.717, 1.165) is 0 Å². The van der Waals surface area contributed by atoms with Crippen LogP contribution in [0.4, 0.5) is 0 Å². The van der Waals surface area contributed by atoms with Gasteiger partial charge in [0.1, 0.15) is 0 Å². The largest absolute Gasteiger partial charge is 0.0656 e. The maximum Gasteiger partial charge on any atom is -0.0533 e. The van der Waals surface area contributed by atoms with Crippen molar-refractivity contribution in [3.05, 3.63) is 0 Å². The lowest BCUT2D eigenvalue weighted by atomic mass is 10.4. The van der Waals surface area contributed by atoms with Crippen LogP contribution < -0.4 is 0 Å². The molecule has 0 nitrogen and oxygen atoms in total. The predicted molar refractivity (Wildman–Crippen MR) is 39.0 cm³/mol. The van der Waals surface area contributed by atoms with Gasteiger partial charge in [-0.3, -0.25) is 0 Å². The second kappa shape index (κ2) is 7.00. The molecule has 1 fully saturated rings. The Kier molecular flexibility index (Phi) is 7.00. The molecule has 0 spiro atoms. The molecule has 1 saturated carbocycles. The van der Waals surface area contributed by atoms with E-state index in [4.69, 9.17) is 0 Å². The monoisotopic (exact) mass is 114 g/mol. The van der Waals surface area contributed by atoms with Crippen molar-refractivity contribution >= 4 is 0 Å². The van der Waals surface area contributed by atoms with E-state index in [1.54, 1.807) is 0 Å². The van der Waals surface area contributed by atoms with Gasteiger partial charge in [-0.15, -0.1) is 0 Å². The highest BCUT2D eigenvalue weighted by Crippen LogP contribution is 2.15. The van der Waals surface area contributed by atoms with Crippen LogP contribution in [0.1, 0.15) is 52.4 Å². The second-order valence-electron chi connectivity index (χ2n) is 2.47. The summed E-state index contributed by atoms with van der Waals surface area (Å²) in [5.74, 6) is 0. The van der Waals surface area contributed by atoms with Gasteiger partial charge in [-0.1, -0.05) is 52.4 Å². The Labute approximate surface area is 53.3 Å². The van der Waals surface area contributed by atoms with E-state index >= 15 is 0 Å². The number of hydrogen-bond donors (Lipinski definition) is 0. The molecule has 8 heavy (non-hydrogen) atoms. The maximum atomic E-state index is 2.12. The summed E-state index contributed by atoms with van der Waals surface area (Å²) in [5.41, 5.74) is 0. The van der Waals surface area contributed by atoms with Gasteiger partial charge in [-0.05, 0) is 0 Å². The molecular formula is C8H18. The predicted octanol–water partition coefficient (Wildman–Crippen LogP) is 3.37.